The van der Waals surface area contributed by atoms with Crippen LogP contribution in [0.15, 0.2) is 59.1 Å². The first-order chi connectivity index (χ1) is 17.4. The normalized spacial score (nSPS) is 18.0. The van der Waals surface area contributed by atoms with Gasteiger partial charge in [-0.25, -0.2) is 0 Å². The van der Waals surface area contributed by atoms with Gasteiger partial charge in [0.25, 0.3) is 0 Å². The number of carbonyl (C=O) groups is 1. The molecule has 0 bridgehead atoms. The highest BCUT2D eigenvalue weighted by atomic mass is 16.5. The Bertz CT molecular complexity index is 1140. The number of piperidine rings is 1. The van der Waals surface area contributed by atoms with Crippen LogP contribution in [0.3, 0.4) is 0 Å². The van der Waals surface area contributed by atoms with Crippen molar-refractivity contribution in [3.05, 3.63) is 66.1 Å². The fraction of sp³-hybridized carbons (Fsp3) is 0.483. The van der Waals surface area contributed by atoms with Crippen LogP contribution in [0.1, 0.15) is 45.1 Å². The topological polar surface area (TPSA) is 65.7 Å². The van der Waals surface area contributed by atoms with E-state index in [1.807, 2.05) is 6.07 Å². The number of aromatic nitrogens is 2. The van der Waals surface area contributed by atoms with Crippen molar-refractivity contribution in [2.45, 2.75) is 45.6 Å². The van der Waals surface area contributed by atoms with Gasteiger partial charge in [-0.15, -0.1) is 0 Å². The maximum atomic E-state index is 13.2. The highest BCUT2D eigenvalue weighted by molar-refractivity contribution is 5.79. The van der Waals surface area contributed by atoms with Crippen LogP contribution in [0.4, 0.5) is 5.69 Å². The summed E-state index contributed by atoms with van der Waals surface area (Å²) in [6.07, 6.45) is 1.76. The molecule has 0 radical (unpaired) electrons. The summed E-state index contributed by atoms with van der Waals surface area (Å²) in [5.41, 5.74) is 3.61. The maximum Gasteiger partial charge on any atom is 0.241 e. The van der Waals surface area contributed by atoms with Crippen LogP contribution >= 0.6 is 0 Å². The Morgan fingerprint density at radius 3 is 2.22 bits per heavy atom. The molecule has 1 aromatic heterocycles. The Balaban J connectivity index is 1.09. The zero-order valence-electron chi connectivity index (χ0n) is 21.7. The first-order valence-electron chi connectivity index (χ1n) is 13.1. The van der Waals surface area contributed by atoms with Crippen LogP contribution in [0.5, 0.6) is 0 Å². The average molecular weight is 488 g/mol. The quantitative estimate of drug-likeness (QED) is 0.524. The van der Waals surface area contributed by atoms with Crippen LogP contribution in [0, 0.1) is 5.92 Å². The number of hydrogen-bond acceptors (Lipinski definition) is 6. The van der Waals surface area contributed by atoms with Crippen molar-refractivity contribution in [2.75, 3.05) is 44.2 Å². The van der Waals surface area contributed by atoms with Crippen molar-refractivity contribution < 1.29 is 9.32 Å². The zero-order valence-corrected chi connectivity index (χ0v) is 21.7. The smallest absolute Gasteiger partial charge is 0.241 e. The molecule has 0 aliphatic carbocycles. The van der Waals surface area contributed by atoms with Crippen molar-refractivity contribution in [3.63, 3.8) is 0 Å². The fourth-order valence-electron chi connectivity index (χ4n) is 5.17. The molecule has 190 valence electrons. The first-order valence-corrected chi connectivity index (χ1v) is 13.1. The van der Waals surface area contributed by atoms with E-state index in [0.717, 1.165) is 57.7 Å². The van der Waals surface area contributed by atoms with Gasteiger partial charge in [-0.2, -0.15) is 4.98 Å². The molecule has 0 N–H and O–H groups in total. The molecule has 7 nitrogen and oxygen atoms in total. The molecule has 36 heavy (non-hydrogen) atoms. The molecule has 5 rings (SSSR count). The Labute approximate surface area is 214 Å². The summed E-state index contributed by atoms with van der Waals surface area (Å²) in [5.74, 6) is 1.70. The first kappa shape index (κ1) is 24.5. The summed E-state index contributed by atoms with van der Waals surface area (Å²) in [5, 5.41) is 4.20. The van der Waals surface area contributed by atoms with Crippen LogP contribution < -0.4 is 4.90 Å². The molecule has 1 amide bonds. The minimum absolute atomic E-state index is 0.115. The molecule has 0 spiro atoms. The molecule has 7 heteroatoms. The van der Waals surface area contributed by atoms with E-state index < -0.39 is 0 Å². The van der Waals surface area contributed by atoms with E-state index in [4.69, 9.17) is 4.52 Å². The van der Waals surface area contributed by atoms with Crippen molar-refractivity contribution in [2.24, 2.45) is 5.92 Å². The Kier molecular flexibility index (Phi) is 7.10. The SMILES string of the molecule is CC(C)(C)c1ccc(-c2noc(CN3CCC(C(=O)N4CCN(c5ccccc5)CC4)CC3)n2)cc1. The van der Waals surface area contributed by atoms with E-state index in [2.05, 4.69) is 94.1 Å². The van der Waals surface area contributed by atoms with Crippen LogP contribution in [-0.4, -0.2) is 65.1 Å². The van der Waals surface area contributed by atoms with Gasteiger partial charge >= 0.3 is 0 Å². The molecule has 2 aromatic carbocycles. The molecule has 2 aliphatic rings. The lowest BCUT2D eigenvalue weighted by Crippen LogP contribution is -2.51. The standard InChI is InChI=1S/C29H37N5O2/c1-29(2,3)24-11-9-22(10-12-24)27-30-26(36-31-27)21-32-15-13-23(14-16-32)28(35)34-19-17-33(18-20-34)25-7-5-4-6-8-25/h4-12,23H,13-21H2,1-3H3. The molecule has 3 aromatic rings. The number of nitrogens with zero attached hydrogens (tertiary/aromatic N) is 5. The van der Waals surface area contributed by atoms with Gasteiger partial charge in [-0.1, -0.05) is 68.4 Å². The fourth-order valence-corrected chi connectivity index (χ4v) is 5.17. The van der Waals surface area contributed by atoms with Gasteiger partial charge in [-0.3, -0.25) is 9.69 Å². The van der Waals surface area contributed by atoms with Gasteiger partial charge in [0.05, 0.1) is 6.54 Å². The van der Waals surface area contributed by atoms with Gasteiger partial charge < -0.3 is 14.3 Å². The highest BCUT2D eigenvalue weighted by Crippen LogP contribution is 2.26. The van der Waals surface area contributed by atoms with Crippen LogP contribution in [0.2, 0.25) is 0 Å². The van der Waals surface area contributed by atoms with E-state index in [-0.39, 0.29) is 11.3 Å². The number of benzene rings is 2. The van der Waals surface area contributed by atoms with E-state index >= 15 is 0 Å². The molecule has 0 saturated carbocycles. The number of amides is 1. The summed E-state index contributed by atoms with van der Waals surface area (Å²) in [6.45, 7) is 12.4. The van der Waals surface area contributed by atoms with Crippen molar-refractivity contribution >= 4 is 11.6 Å². The van der Waals surface area contributed by atoms with Crippen molar-refractivity contribution in [1.82, 2.24) is 19.9 Å². The van der Waals surface area contributed by atoms with E-state index in [9.17, 15) is 4.79 Å². The Morgan fingerprint density at radius 1 is 0.917 bits per heavy atom. The molecular formula is C29H37N5O2. The summed E-state index contributed by atoms with van der Waals surface area (Å²) < 4.78 is 5.55. The van der Waals surface area contributed by atoms with E-state index in [1.165, 1.54) is 11.3 Å². The number of rotatable bonds is 5. The number of likely N-dealkylation sites (tertiary alicyclic amines) is 1. The minimum atomic E-state index is 0.115. The van der Waals surface area contributed by atoms with Gasteiger partial charge in [0.1, 0.15) is 0 Å². The predicted octanol–water partition coefficient (Wildman–Crippen LogP) is 4.59. The average Bonchev–Trinajstić information content (AvgIpc) is 3.37. The van der Waals surface area contributed by atoms with Crippen LogP contribution in [0.25, 0.3) is 11.4 Å². The van der Waals surface area contributed by atoms with E-state index in [1.54, 1.807) is 0 Å². The van der Waals surface area contributed by atoms with Gasteiger partial charge in [0, 0.05) is 43.3 Å². The zero-order chi connectivity index (χ0) is 25.1. The summed E-state index contributed by atoms with van der Waals surface area (Å²) in [7, 11) is 0. The van der Waals surface area contributed by atoms with Gasteiger partial charge in [0.2, 0.25) is 17.6 Å². The summed E-state index contributed by atoms with van der Waals surface area (Å²) >= 11 is 0. The number of anilines is 1. The number of para-hydroxylation sites is 1. The summed E-state index contributed by atoms with van der Waals surface area (Å²) in [4.78, 5) is 24.5. The van der Waals surface area contributed by atoms with Crippen molar-refractivity contribution in [1.29, 1.82) is 0 Å². The lowest BCUT2D eigenvalue weighted by Gasteiger charge is -2.39. The molecule has 0 atom stereocenters. The molecule has 2 aliphatic heterocycles. The third-order valence-corrected chi connectivity index (χ3v) is 7.49. The van der Waals surface area contributed by atoms with Crippen molar-refractivity contribution in [3.8, 4) is 11.4 Å². The number of piperazine rings is 1. The third kappa shape index (κ3) is 5.62. The highest BCUT2D eigenvalue weighted by Gasteiger charge is 2.31. The van der Waals surface area contributed by atoms with Gasteiger partial charge in [-0.05, 0) is 49.0 Å². The molecule has 2 saturated heterocycles. The molecule has 0 unspecified atom stereocenters. The number of hydrogen-bond donors (Lipinski definition) is 0. The number of carbonyl (C=O) groups excluding carboxylic acids is 1. The maximum absolute atomic E-state index is 13.2. The molecular weight excluding hydrogens is 450 g/mol. The van der Waals surface area contributed by atoms with Gasteiger partial charge in [0.15, 0.2) is 0 Å². The largest absolute Gasteiger partial charge is 0.368 e. The second kappa shape index (κ2) is 10.4. The predicted molar refractivity (Wildman–Crippen MR) is 142 cm³/mol. The second-order valence-electron chi connectivity index (χ2n) is 11.0. The summed E-state index contributed by atoms with van der Waals surface area (Å²) in [6, 6.07) is 18.9. The monoisotopic (exact) mass is 487 g/mol. The third-order valence-electron chi connectivity index (χ3n) is 7.49. The lowest BCUT2D eigenvalue weighted by molar-refractivity contribution is -0.137. The Morgan fingerprint density at radius 2 is 1.58 bits per heavy atom. The Hall–Kier alpha value is -3.19. The minimum Gasteiger partial charge on any atom is -0.368 e. The van der Waals surface area contributed by atoms with E-state index in [0.29, 0.717) is 24.2 Å². The lowest BCUT2D eigenvalue weighted by atomic mass is 9.87. The molecule has 2 fully saturated rings. The molecule has 3 heterocycles. The second-order valence-corrected chi connectivity index (χ2v) is 11.0. The van der Waals surface area contributed by atoms with Crippen LogP contribution in [-0.2, 0) is 16.8 Å².